The van der Waals surface area contributed by atoms with E-state index in [9.17, 15) is 23.1 Å². The van der Waals surface area contributed by atoms with Crippen LogP contribution in [0.3, 0.4) is 0 Å². The minimum Gasteiger partial charge on any atom is -0.404 e. The summed E-state index contributed by atoms with van der Waals surface area (Å²) in [6.45, 7) is 1.35. The number of carbonyl (C=O) groups excluding carboxylic acids is 1. The predicted octanol–water partition coefficient (Wildman–Crippen LogP) is 3.32. The van der Waals surface area contributed by atoms with Gasteiger partial charge >= 0.3 is 6.36 Å². The maximum atomic E-state index is 12.4. The molecule has 130 valence electrons. The van der Waals surface area contributed by atoms with E-state index in [4.69, 9.17) is 17.3 Å². The molecule has 1 aromatic carbocycles. The summed E-state index contributed by atoms with van der Waals surface area (Å²) in [5.41, 5.74) is 3.03. The van der Waals surface area contributed by atoms with Crippen LogP contribution < -0.4 is 10.5 Å². The van der Waals surface area contributed by atoms with Crippen LogP contribution in [0.2, 0.25) is 5.02 Å². The average molecular weight is 374 g/mol. The summed E-state index contributed by atoms with van der Waals surface area (Å²) in [6.07, 6.45) is -3.97. The van der Waals surface area contributed by atoms with Gasteiger partial charge in [-0.1, -0.05) is 17.7 Å². The van der Waals surface area contributed by atoms with Gasteiger partial charge in [0, 0.05) is 0 Å². The first-order valence-corrected chi connectivity index (χ1v) is 6.95. The zero-order valence-electron chi connectivity index (χ0n) is 12.1. The second kappa shape index (κ2) is 6.47. The minimum atomic E-state index is -4.91. The van der Waals surface area contributed by atoms with Gasteiger partial charge in [0.05, 0.1) is 5.02 Å². The summed E-state index contributed by atoms with van der Waals surface area (Å²) in [5.74, 6) is -1.26. The smallest absolute Gasteiger partial charge is 0.404 e. The Labute approximate surface area is 142 Å². The number of Topliss-reactive ketones (excluding diaryl/α,β-unsaturated/α-hetero) is 1. The Kier molecular flexibility index (Phi) is 5.63. The van der Waals surface area contributed by atoms with Crippen molar-refractivity contribution < 1.29 is 27.8 Å². The molecule has 0 spiro atoms. The summed E-state index contributed by atoms with van der Waals surface area (Å²) < 4.78 is 40.9. The van der Waals surface area contributed by atoms with E-state index in [0.717, 1.165) is 6.07 Å². The van der Waals surface area contributed by atoms with E-state index in [1.54, 1.807) is 0 Å². The Hall–Kier alpha value is -1.02. The maximum absolute atomic E-state index is 12.4. The molecular formula is C14H16Cl2F3NO3. The second-order valence-electron chi connectivity index (χ2n) is 5.62. The van der Waals surface area contributed by atoms with E-state index in [1.165, 1.54) is 19.1 Å². The van der Waals surface area contributed by atoms with Gasteiger partial charge in [0.25, 0.3) is 0 Å². The molecule has 1 aliphatic carbocycles. The number of halogens is 5. The summed E-state index contributed by atoms with van der Waals surface area (Å²) >= 11 is 5.68. The van der Waals surface area contributed by atoms with Crippen LogP contribution in [0.5, 0.6) is 5.75 Å². The molecule has 23 heavy (non-hydrogen) atoms. The second-order valence-corrected chi connectivity index (χ2v) is 6.03. The third-order valence-electron chi connectivity index (χ3n) is 3.80. The lowest BCUT2D eigenvalue weighted by atomic mass is 9.70. The molecule has 3 N–H and O–H groups in total. The van der Waals surface area contributed by atoms with E-state index in [0.29, 0.717) is 6.42 Å². The zero-order chi connectivity index (χ0) is 16.8. The molecule has 1 fully saturated rings. The first kappa shape index (κ1) is 20.0. The number of hydrogen-bond donors (Lipinski definition) is 2. The predicted molar refractivity (Wildman–Crippen MR) is 80.7 cm³/mol. The van der Waals surface area contributed by atoms with Gasteiger partial charge in [-0.05, 0) is 43.9 Å². The fraction of sp³-hybridized carbons (Fsp3) is 0.500. The van der Waals surface area contributed by atoms with Crippen molar-refractivity contribution in [2.24, 2.45) is 5.73 Å². The van der Waals surface area contributed by atoms with Crippen LogP contribution >= 0.6 is 24.0 Å². The number of rotatable bonds is 2. The molecule has 4 nitrogen and oxygen atoms in total. The van der Waals surface area contributed by atoms with Gasteiger partial charge < -0.3 is 15.6 Å². The number of aliphatic hydroxyl groups is 1. The van der Waals surface area contributed by atoms with Crippen molar-refractivity contribution in [1.29, 1.82) is 0 Å². The molecule has 0 radical (unpaired) electrons. The third kappa shape index (κ3) is 4.09. The molecule has 0 heterocycles. The van der Waals surface area contributed by atoms with Crippen LogP contribution in [-0.4, -0.2) is 22.9 Å². The molecule has 1 saturated carbocycles. The lowest BCUT2D eigenvalue weighted by Gasteiger charge is -2.40. The highest BCUT2D eigenvalue weighted by Gasteiger charge is 2.49. The highest BCUT2D eigenvalue weighted by molar-refractivity contribution is 6.32. The fourth-order valence-corrected chi connectivity index (χ4v) is 2.83. The summed E-state index contributed by atoms with van der Waals surface area (Å²) in [5, 5.41) is 9.83. The number of hydrogen-bond acceptors (Lipinski definition) is 4. The number of benzene rings is 1. The third-order valence-corrected chi connectivity index (χ3v) is 4.11. The van der Waals surface area contributed by atoms with Crippen molar-refractivity contribution in [2.45, 2.75) is 43.7 Å². The molecule has 0 amide bonds. The molecule has 9 heteroatoms. The van der Waals surface area contributed by atoms with Crippen LogP contribution in [-0.2, 0) is 10.3 Å². The van der Waals surface area contributed by atoms with Crippen LogP contribution in [0.25, 0.3) is 0 Å². The van der Waals surface area contributed by atoms with Gasteiger partial charge in [-0.3, -0.25) is 4.79 Å². The van der Waals surface area contributed by atoms with Gasteiger partial charge in [-0.25, -0.2) is 0 Å². The Balaban J connectivity index is 0.00000264. The highest BCUT2D eigenvalue weighted by atomic mass is 35.5. The molecule has 2 atom stereocenters. The van der Waals surface area contributed by atoms with Crippen molar-refractivity contribution in [1.82, 2.24) is 0 Å². The van der Waals surface area contributed by atoms with Crippen molar-refractivity contribution in [2.75, 3.05) is 0 Å². The first-order valence-electron chi connectivity index (χ1n) is 6.58. The Morgan fingerprint density at radius 1 is 1.35 bits per heavy atom. The number of ketones is 1. The molecule has 0 aromatic heterocycles. The SMILES string of the molecule is CC1(O)CCCC(N)(c2ccc(Cl)c(OC(F)(F)F)c2)C1=O.Cl. The van der Waals surface area contributed by atoms with E-state index in [2.05, 4.69) is 4.74 Å². The number of alkyl halides is 3. The van der Waals surface area contributed by atoms with Crippen molar-refractivity contribution in [3.63, 3.8) is 0 Å². The van der Waals surface area contributed by atoms with E-state index >= 15 is 0 Å². The summed E-state index contributed by atoms with van der Waals surface area (Å²) in [4.78, 5) is 12.4. The van der Waals surface area contributed by atoms with E-state index in [1.807, 2.05) is 0 Å². The topological polar surface area (TPSA) is 72.6 Å². The minimum absolute atomic E-state index is 0. The fourth-order valence-electron chi connectivity index (χ4n) is 2.68. The van der Waals surface area contributed by atoms with Crippen molar-refractivity contribution >= 4 is 29.8 Å². The van der Waals surface area contributed by atoms with Gasteiger partial charge in [0.15, 0.2) is 5.78 Å². The molecule has 1 aromatic rings. The number of nitrogens with two attached hydrogens (primary N) is 1. The van der Waals surface area contributed by atoms with Crippen LogP contribution in [0.1, 0.15) is 31.7 Å². The molecule has 2 unspecified atom stereocenters. The van der Waals surface area contributed by atoms with Crippen molar-refractivity contribution in [3.8, 4) is 5.75 Å². The van der Waals surface area contributed by atoms with Gasteiger partial charge in [-0.15, -0.1) is 25.6 Å². The maximum Gasteiger partial charge on any atom is 0.573 e. The van der Waals surface area contributed by atoms with E-state index in [-0.39, 0.29) is 35.8 Å². The lowest BCUT2D eigenvalue weighted by Crippen LogP contribution is -2.57. The molecule has 0 bridgehead atoms. The lowest BCUT2D eigenvalue weighted by molar-refractivity contribution is -0.274. The largest absolute Gasteiger partial charge is 0.573 e. The van der Waals surface area contributed by atoms with Gasteiger partial charge in [0.1, 0.15) is 16.9 Å². The molecule has 0 saturated heterocycles. The number of ether oxygens (including phenoxy) is 1. The monoisotopic (exact) mass is 373 g/mol. The van der Waals surface area contributed by atoms with Crippen LogP contribution in [0, 0.1) is 0 Å². The Morgan fingerprint density at radius 3 is 2.52 bits per heavy atom. The zero-order valence-corrected chi connectivity index (χ0v) is 13.7. The van der Waals surface area contributed by atoms with E-state index < -0.39 is 29.0 Å². The molecule has 1 aliphatic rings. The summed E-state index contributed by atoms with van der Waals surface area (Å²) in [6, 6.07) is 3.54. The Morgan fingerprint density at radius 2 is 1.96 bits per heavy atom. The normalized spacial score (nSPS) is 28.2. The quantitative estimate of drug-likeness (QED) is 0.833. The average Bonchev–Trinajstić information content (AvgIpc) is 2.37. The highest BCUT2D eigenvalue weighted by Crippen LogP contribution is 2.40. The molecular weight excluding hydrogens is 358 g/mol. The molecule has 2 rings (SSSR count). The number of carbonyl (C=O) groups is 1. The molecule has 0 aliphatic heterocycles. The van der Waals surface area contributed by atoms with Crippen molar-refractivity contribution in [3.05, 3.63) is 28.8 Å². The van der Waals surface area contributed by atoms with Crippen LogP contribution in [0.15, 0.2) is 18.2 Å². The van der Waals surface area contributed by atoms with Gasteiger partial charge in [-0.2, -0.15) is 0 Å². The van der Waals surface area contributed by atoms with Gasteiger partial charge in [0.2, 0.25) is 0 Å². The summed E-state index contributed by atoms with van der Waals surface area (Å²) in [7, 11) is 0. The van der Waals surface area contributed by atoms with Crippen LogP contribution in [0.4, 0.5) is 13.2 Å². The Bertz CT molecular complexity index is 607. The first-order chi connectivity index (χ1) is 9.96. The standard InChI is InChI=1S/C14H15ClF3NO3.ClH/c1-12(21)5-2-6-13(19,11(12)20)8-3-4-9(15)10(7-8)22-14(16,17)18;/h3-4,7,21H,2,5-6,19H2,1H3;1H.